The van der Waals surface area contributed by atoms with Gasteiger partial charge in [0.2, 0.25) is 5.91 Å². The maximum atomic E-state index is 10.9. The highest BCUT2D eigenvalue weighted by atomic mass is 16.1. The molecule has 1 heterocycles. The first-order chi connectivity index (χ1) is 7.49. The summed E-state index contributed by atoms with van der Waals surface area (Å²) < 4.78 is 1.76. The second-order valence-electron chi connectivity index (χ2n) is 4.07. The van der Waals surface area contributed by atoms with E-state index in [1.54, 1.807) is 17.1 Å². The molecule has 0 aromatic carbocycles. The second-order valence-corrected chi connectivity index (χ2v) is 4.07. The molecular weight excluding hydrogens is 206 g/mol. The molecular formula is C10H19N5O. The number of amides is 1. The number of carbonyl (C=O) groups excluding carboxylic acids is 1. The predicted molar refractivity (Wildman–Crippen MR) is 62.5 cm³/mol. The lowest BCUT2D eigenvalue weighted by Gasteiger charge is -2.24. The van der Waals surface area contributed by atoms with E-state index in [2.05, 4.69) is 5.10 Å². The van der Waals surface area contributed by atoms with Crippen LogP contribution in [0.3, 0.4) is 0 Å². The van der Waals surface area contributed by atoms with Crippen molar-refractivity contribution in [2.45, 2.75) is 26.4 Å². The van der Waals surface area contributed by atoms with Gasteiger partial charge in [0, 0.05) is 18.8 Å². The third kappa shape index (κ3) is 3.90. The van der Waals surface area contributed by atoms with E-state index in [0.717, 1.165) is 6.54 Å². The number of nitrogen functional groups attached to an aromatic ring is 1. The molecule has 1 rings (SSSR count). The summed E-state index contributed by atoms with van der Waals surface area (Å²) in [6.45, 7) is 5.75. The minimum atomic E-state index is -0.311. The van der Waals surface area contributed by atoms with Crippen LogP contribution in [-0.4, -0.2) is 39.7 Å². The Morgan fingerprint density at radius 2 is 2.31 bits per heavy atom. The van der Waals surface area contributed by atoms with Gasteiger partial charge in [0.05, 0.1) is 25.0 Å². The predicted octanol–water partition coefficient (Wildman–Crippen LogP) is -0.339. The van der Waals surface area contributed by atoms with Gasteiger partial charge in [-0.1, -0.05) is 0 Å². The van der Waals surface area contributed by atoms with Crippen LogP contribution >= 0.6 is 0 Å². The van der Waals surface area contributed by atoms with Crippen LogP contribution in [0.1, 0.15) is 13.8 Å². The molecule has 1 aromatic rings. The molecule has 90 valence electrons. The van der Waals surface area contributed by atoms with E-state index in [0.29, 0.717) is 12.2 Å². The number of aromatic nitrogens is 2. The van der Waals surface area contributed by atoms with Crippen molar-refractivity contribution >= 4 is 11.6 Å². The Balaban J connectivity index is 2.46. The van der Waals surface area contributed by atoms with Crippen LogP contribution in [0.2, 0.25) is 0 Å². The largest absolute Gasteiger partial charge is 0.396 e. The monoisotopic (exact) mass is 225 g/mol. The van der Waals surface area contributed by atoms with Crippen molar-refractivity contribution in [1.29, 1.82) is 0 Å². The van der Waals surface area contributed by atoms with Crippen molar-refractivity contribution in [3.8, 4) is 0 Å². The van der Waals surface area contributed by atoms with Gasteiger partial charge in [-0.15, -0.1) is 0 Å². The number of anilines is 1. The van der Waals surface area contributed by atoms with Gasteiger partial charge in [-0.05, 0) is 13.8 Å². The summed E-state index contributed by atoms with van der Waals surface area (Å²) in [6.07, 6.45) is 3.37. The first kappa shape index (κ1) is 12.5. The Bertz CT molecular complexity index is 347. The van der Waals surface area contributed by atoms with Crippen LogP contribution in [0, 0.1) is 0 Å². The molecule has 4 N–H and O–H groups in total. The maximum Gasteiger partial charge on any atom is 0.231 e. The van der Waals surface area contributed by atoms with E-state index >= 15 is 0 Å². The maximum absolute atomic E-state index is 10.9. The summed E-state index contributed by atoms with van der Waals surface area (Å²) >= 11 is 0. The Morgan fingerprint density at radius 3 is 2.75 bits per heavy atom. The summed E-state index contributed by atoms with van der Waals surface area (Å²) in [6, 6.07) is 0.278. The highest BCUT2D eigenvalue weighted by Crippen LogP contribution is 2.01. The average Bonchev–Trinajstić information content (AvgIpc) is 2.58. The number of primary amides is 1. The second kappa shape index (κ2) is 5.50. The van der Waals surface area contributed by atoms with Crippen LogP contribution in [0.5, 0.6) is 0 Å². The van der Waals surface area contributed by atoms with Crippen LogP contribution in [0.25, 0.3) is 0 Å². The van der Waals surface area contributed by atoms with Crippen LogP contribution in [-0.2, 0) is 11.3 Å². The molecule has 0 bridgehead atoms. The Labute approximate surface area is 95.2 Å². The first-order valence-electron chi connectivity index (χ1n) is 5.29. The van der Waals surface area contributed by atoms with Crippen LogP contribution < -0.4 is 11.5 Å². The molecule has 0 unspecified atom stereocenters. The lowest BCUT2D eigenvalue weighted by Crippen LogP contribution is -2.40. The van der Waals surface area contributed by atoms with Crippen molar-refractivity contribution in [3.05, 3.63) is 12.4 Å². The van der Waals surface area contributed by atoms with E-state index in [1.807, 2.05) is 18.7 Å². The highest BCUT2D eigenvalue weighted by Gasteiger charge is 2.11. The van der Waals surface area contributed by atoms with Gasteiger partial charge in [-0.3, -0.25) is 14.4 Å². The molecule has 1 aromatic heterocycles. The minimum absolute atomic E-state index is 0.272. The number of hydrogen-bond donors (Lipinski definition) is 2. The van der Waals surface area contributed by atoms with Gasteiger partial charge >= 0.3 is 0 Å². The van der Waals surface area contributed by atoms with Crippen LogP contribution in [0.15, 0.2) is 12.4 Å². The molecule has 0 aliphatic heterocycles. The van der Waals surface area contributed by atoms with Crippen molar-refractivity contribution in [2.75, 3.05) is 18.8 Å². The summed E-state index contributed by atoms with van der Waals surface area (Å²) in [7, 11) is 0. The van der Waals surface area contributed by atoms with Gasteiger partial charge in [0.1, 0.15) is 0 Å². The summed E-state index contributed by atoms with van der Waals surface area (Å²) in [4.78, 5) is 12.9. The van der Waals surface area contributed by atoms with Crippen molar-refractivity contribution in [1.82, 2.24) is 14.7 Å². The van der Waals surface area contributed by atoms with Crippen molar-refractivity contribution in [3.63, 3.8) is 0 Å². The Morgan fingerprint density at radius 1 is 1.62 bits per heavy atom. The molecule has 1 amide bonds. The van der Waals surface area contributed by atoms with Gasteiger partial charge in [0.25, 0.3) is 0 Å². The number of carbonyl (C=O) groups is 1. The molecule has 0 saturated carbocycles. The minimum Gasteiger partial charge on any atom is -0.396 e. The quantitative estimate of drug-likeness (QED) is 0.693. The third-order valence-electron chi connectivity index (χ3n) is 2.36. The van der Waals surface area contributed by atoms with Crippen LogP contribution in [0.4, 0.5) is 5.69 Å². The number of nitrogens with zero attached hydrogens (tertiary/aromatic N) is 3. The van der Waals surface area contributed by atoms with Gasteiger partial charge < -0.3 is 11.5 Å². The summed E-state index contributed by atoms with van der Waals surface area (Å²) in [5, 5.41) is 4.08. The third-order valence-corrected chi connectivity index (χ3v) is 2.36. The first-order valence-corrected chi connectivity index (χ1v) is 5.29. The standard InChI is InChI=1S/C10H19N5O/c1-8(2)14(7-10(12)16)3-4-15-6-9(11)5-13-15/h5-6,8H,3-4,7,11H2,1-2H3,(H2,12,16). The molecule has 0 aliphatic rings. The molecule has 6 nitrogen and oxygen atoms in total. The van der Waals surface area contributed by atoms with E-state index < -0.39 is 0 Å². The number of hydrogen-bond acceptors (Lipinski definition) is 4. The smallest absolute Gasteiger partial charge is 0.231 e. The molecule has 6 heteroatoms. The van der Waals surface area contributed by atoms with E-state index in [-0.39, 0.29) is 18.5 Å². The Hall–Kier alpha value is -1.56. The topological polar surface area (TPSA) is 90.2 Å². The van der Waals surface area contributed by atoms with Crippen molar-refractivity contribution < 1.29 is 4.79 Å². The lowest BCUT2D eigenvalue weighted by molar-refractivity contribution is -0.119. The van der Waals surface area contributed by atoms with E-state index in [1.165, 1.54) is 0 Å². The van der Waals surface area contributed by atoms with E-state index in [9.17, 15) is 4.79 Å². The number of rotatable bonds is 6. The molecule has 0 fully saturated rings. The van der Waals surface area contributed by atoms with E-state index in [4.69, 9.17) is 11.5 Å². The molecule has 0 spiro atoms. The summed E-state index contributed by atoms with van der Waals surface area (Å²) in [5.41, 5.74) is 11.4. The zero-order chi connectivity index (χ0) is 12.1. The zero-order valence-electron chi connectivity index (χ0n) is 9.76. The number of nitrogens with two attached hydrogens (primary N) is 2. The molecule has 0 radical (unpaired) electrons. The molecule has 0 saturated heterocycles. The molecule has 0 atom stereocenters. The fourth-order valence-corrected chi connectivity index (χ4v) is 1.45. The lowest BCUT2D eigenvalue weighted by atomic mass is 10.3. The van der Waals surface area contributed by atoms with Gasteiger partial charge in [-0.25, -0.2) is 0 Å². The normalized spacial score (nSPS) is 11.2. The Kier molecular flexibility index (Phi) is 4.30. The SMILES string of the molecule is CC(C)N(CCn1cc(N)cn1)CC(N)=O. The molecule has 0 aliphatic carbocycles. The van der Waals surface area contributed by atoms with Crippen molar-refractivity contribution in [2.24, 2.45) is 5.73 Å². The average molecular weight is 225 g/mol. The van der Waals surface area contributed by atoms with Gasteiger partial charge in [-0.2, -0.15) is 5.10 Å². The zero-order valence-corrected chi connectivity index (χ0v) is 9.76. The fourth-order valence-electron chi connectivity index (χ4n) is 1.45. The highest BCUT2D eigenvalue weighted by molar-refractivity contribution is 5.75. The summed E-state index contributed by atoms with van der Waals surface area (Å²) in [5.74, 6) is -0.311. The fraction of sp³-hybridized carbons (Fsp3) is 0.600. The molecule has 16 heavy (non-hydrogen) atoms. The van der Waals surface area contributed by atoms with Gasteiger partial charge in [0.15, 0.2) is 0 Å².